The van der Waals surface area contributed by atoms with Crippen LogP contribution in [-0.2, 0) is 13.0 Å². The number of aromatic nitrogens is 4. The second-order valence-corrected chi connectivity index (χ2v) is 5.74. The third-order valence-electron chi connectivity index (χ3n) is 2.80. The fourth-order valence-electron chi connectivity index (χ4n) is 1.98. The van der Waals surface area contributed by atoms with Crippen molar-refractivity contribution >= 4 is 17.6 Å². The number of rotatable bonds is 3. The minimum absolute atomic E-state index is 0.628. The first-order valence-electron chi connectivity index (χ1n) is 6.12. The Morgan fingerprint density at radius 3 is 3.11 bits per heavy atom. The highest BCUT2D eigenvalue weighted by molar-refractivity contribution is 7.09. The highest BCUT2D eigenvalue weighted by Gasteiger charge is 2.17. The van der Waals surface area contributed by atoms with Gasteiger partial charge in [-0.1, -0.05) is 13.8 Å². The standard InChI is InChI=1S/C12H15N5S/c1-8(2)5-11-14-9(7-18-11)12-16-15-10-6-13-3-4-17(10)12/h6-8H,3-5H2,1-2H3. The number of aliphatic imine (C=N–C) groups is 1. The van der Waals surface area contributed by atoms with Crippen LogP contribution >= 0.6 is 11.3 Å². The molecule has 3 heterocycles. The van der Waals surface area contributed by atoms with Crippen LogP contribution in [0.2, 0.25) is 0 Å². The van der Waals surface area contributed by atoms with Gasteiger partial charge in [-0.3, -0.25) is 4.99 Å². The number of nitrogens with zero attached hydrogens (tertiary/aromatic N) is 5. The van der Waals surface area contributed by atoms with Gasteiger partial charge in [-0.05, 0) is 5.92 Å². The third kappa shape index (κ3) is 2.08. The first kappa shape index (κ1) is 11.5. The van der Waals surface area contributed by atoms with Gasteiger partial charge in [0, 0.05) is 18.3 Å². The molecule has 6 heteroatoms. The van der Waals surface area contributed by atoms with E-state index in [9.17, 15) is 0 Å². The molecule has 1 aliphatic heterocycles. The number of hydrogen-bond donors (Lipinski definition) is 0. The summed E-state index contributed by atoms with van der Waals surface area (Å²) in [7, 11) is 0. The maximum absolute atomic E-state index is 4.65. The summed E-state index contributed by atoms with van der Waals surface area (Å²) in [5.74, 6) is 2.32. The molecule has 3 rings (SSSR count). The number of hydrogen-bond acceptors (Lipinski definition) is 5. The van der Waals surface area contributed by atoms with Gasteiger partial charge < -0.3 is 4.57 Å². The van der Waals surface area contributed by atoms with E-state index in [1.807, 2.05) is 0 Å². The van der Waals surface area contributed by atoms with Crippen LogP contribution in [0.25, 0.3) is 11.5 Å². The van der Waals surface area contributed by atoms with Gasteiger partial charge >= 0.3 is 0 Å². The fraction of sp³-hybridized carbons (Fsp3) is 0.500. The molecule has 0 fully saturated rings. The van der Waals surface area contributed by atoms with Gasteiger partial charge in [-0.15, -0.1) is 21.5 Å². The van der Waals surface area contributed by atoms with Crippen LogP contribution < -0.4 is 0 Å². The maximum atomic E-state index is 4.65. The van der Waals surface area contributed by atoms with Crippen molar-refractivity contribution in [3.05, 3.63) is 16.2 Å². The summed E-state index contributed by atoms with van der Waals surface area (Å²) in [6.07, 6.45) is 2.80. The molecule has 1 aliphatic rings. The van der Waals surface area contributed by atoms with Gasteiger partial charge in [0.2, 0.25) is 0 Å². The van der Waals surface area contributed by atoms with Crippen molar-refractivity contribution in [2.24, 2.45) is 10.9 Å². The van der Waals surface area contributed by atoms with E-state index in [2.05, 4.69) is 44.0 Å². The van der Waals surface area contributed by atoms with Gasteiger partial charge in [0.1, 0.15) is 5.69 Å². The SMILES string of the molecule is CC(C)Cc1nc(-c2nnc3n2CCN=C3)cs1. The average molecular weight is 261 g/mol. The van der Waals surface area contributed by atoms with Crippen LogP contribution in [0.15, 0.2) is 10.4 Å². The Labute approximate surface area is 110 Å². The Morgan fingerprint density at radius 1 is 1.39 bits per heavy atom. The van der Waals surface area contributed by atoms with Crippen LogP contribution in [0.3, 0.4) is 0 Å². The normalized spacial score (nSPS) is 14.2. The zero-order valence-electron chi connectivity index (χ0n) is 10.5. The Hall–Kier alpha value is -1.56. The summed E-state index contributed by atoms with van der Waals surface area (Å²) in [4.78, 5) is 8.86. The Kier molecular flexibility index (Phi) is 2.95. The molecule has 0 unspecified atom stereocenters. The summed E-state index contributed by atoms with van der Waals surface area (Å²) in [6.45, 7) is 6.04. The molecule has 0 saturated carbocycles. The van der Waals surface area contributed by atoms with Crippen molar-refractivity contribution in [3.63, 3.8) is 0 Å². The van der Waals surface area contributed by atoms with Crippen molar-refractivity contribution < 1.29 is 0 Å². The Bertz CT molecular complexity index is 581. The molecule has 0 N–H and O–H groups in total. The second-order valence-electron chi connectivity index (χ2n) is 4.79. The van der Waals surface area contributed by atoms with E-state index in [0.29, 0.717) is 5.92 Å². The summed E-state index contributed by atoms with van der Waals surface area (Å²) in [5.41, 5.74) is 0.935. The van der Waals surface area contributed by atoms with Crippen molar-refractivity contribution in [1.29, 1.82) is 0 Å². The summed E-state index contributed by atoms with van der Waals surface area (Å²) in [5, 5.41) is 11.6. The molecule has 5 nitrogen and oxygen atoms in total. The van der Waals surface area contributed by atoms with E-state index in [1.54, 1.807) is 17.6 Å². The van der Waals surface area contributed by atoms with Crippen LogP contribution in [0.4, 0.5) is 0 Å². The van der Waals surface area contributed by atoms with E-state index in [4.69, 9.17) is 0 Å². The first-order valence-corrected chi connectivity index (χ1v) is 7.00. The lowest BCUT2D eigenvalue weighted by molar-refractivity contribution is 0.644. The topological polar surface area (TPSA) is 56.0 Å². The third-order valence-corrected chi connectivity index (χ3v) is 3.67. The summed E-state index contributed by atoms with van der Waals surface area (Å²) < 4.78 is 2.08. The van der Waals surface area contributed by atoms with Crippen molar-refractivity contribution in [3.8, 4) is 11.5 Å². The first-order chi connectivity index (χ1) is 8.74. The molecular formula is C12H15N5S. The molecule has 0 bridgehead atoms. The van der Waals surface area contributed by atoms with E-state index >= 15 is 0 Å². The highest BCUT2D eigenvalue weighted by Crippen LogP contribution is 2.23. The Balaban J connectivity index is 1.93. The lowest BCUT2D eigenvalue weighted by atomic mass is 10.1. The predicted octanol–water partition coefficient (Wildman–Crippen LogP) is 2.03. The van der Waals surface area contributed by atoms with Crippen molar-refractivity contribution in [1.82, 2.24) is 19.7 Å². The minimum Gasteiger partial charge on any atom is -0.303 e. The van der Waals surface area contributed by atoms with Crippen molar-refractivity contribution in [2.45, 2.75) is 26.8 Å². The predicted molar refractivity (Wildman–Crippen MR) is 72.1 cm³/mol. The molecule has 0 spiro atoms. The number of thiazole rings is 1. The minimum atomic E-state index is 0.628. The monoisotopic (exact) mass is 261 g/mol. The molecule has 0 aliphatic carbocycles. The van der Waals surface area contributed by atoms with E-state index in [1.165, 1.54) is 5.01 Å². The summed E-state index contributed by atoms with van der Waals surface area (Å²) >= 11 is 1.70. The van der Waals surface area contributed by atoms with E-state index in [-0.39, 0.29) is 0 Å². The van der Waals surface area contributed by atoms with Gasteiger partial charge in [-0.25, -0.2) is 4.98 Å². The Morgan fingerprint density at radius 2 is 2.28 bits per heavy atom. The quantitative estimate of drug-likeness (QED) is 0.849. The molecule has 0 aromatic carbocycles. The molecule has 0 atom stereocenters. The molecule has 0 radical (unpaired) electrons. The van der Waals surface area contributed by atoms with Crippen LogP contribution in [-0.4, -0.2) is 32.5 Å². The van der Waals surface area contributed by atoms with E-state index < -0.39 is 0 Å². The zero-order chi connectivity index (χ0) is 12.5. The molecular weight excluding hydrogens is 246 g/mol. The average Bonchev–Trinajstić information content (AvgIpc) is 2.94. The van der Waals surface area contributed by atoms with Crippen LogP contribution in [0.5, 0.6) is 0 Å². The van der Waals surface area contributed by atoms with Gasteiger partial charge in [0.25, 0.3) is 0 Å². The summed E-state index contributed by atoms with van der Waals surface area (Å²) in [6, 6.07) is 0. The number of fused-ring (bicyclic) bond motifs is 1. The molecule has 0 saturated heterocycles. The van der Waals surface area contributed by atoms with Crippen LogP contribution in [0.1, 0.15) is 24.7 Å². The molecule has 0 amide bonds. The lowest BCUT2D eigenvalue weighted by Crippen LogP contribution is -2.12. The largest absolute Gasteiger partial charge is 0.303 e. The lowest BCUT2D eigenvalue weighted by Gasteiger charge is -2.08. The fourth-order valence-corrected chi connectivity index (χ4v) is 2.97. The molecule has 2 aromatic heterocycles. The molecule has 2 aromatic rings. The smallest absolute Gasteiger partial charge is 0.183 e. The second kappa shape index (κ2) is 4.61. The van der Waals surface area contributed by atoms with Gasteiger partial charge in [0.05, 0.1) is 17.8 Å². The highest BCUT2D eigenvalue weighted by atomic mass is 32.1. The maximum Gasteiger partial charge on any atom is 0.183 e. The van der Waals surface area contributed by atoms with Gasteiger partial charge in [-0.2, -0.15) is 0 Å². The van der Waals surface area contributed by atoms with E-state index in [0.717, 1.165) is 36.9 Å². The van der Waals surface area contributed by atoms with Crippen molar-refractivity contribution in [2.75, 3.05) is 6.54 Å². The van der Waals surface area contributed by atoms with Gasteiger partial charge in [0.15, 0.2) is 11.6 Å². The molecule has 18 heavy (non-hydrogen) atoms. The zero-order valence-corrected chi connectivity index (χ0v) is 11.3. The van der Waals surface area contributed by atoms with Crippen LogP contribution in [0, 0.1) is 5.92 Å². The molecule has 94 valence electrons.